The van der Waals surface area contributed by atoms with Crippen molar-refractivity contribution in [1.29, 1.82) is 0 Å². The van der Waals surface area contributed by atoms with E-state index < -0.39 is 0 Å². The summed E-state index contributed by atoms with van der Waals surface area (Å²) in [5.74, 6) is 0.372. The first-order chi connectivity index (χ1) is 8.20. The van der Waals surface area contributed by atoms with Crippen LogP contribution in [-0.2, 0) is 9.53 Å². The van der Waals surface area contributed by atoms with Crippen molar-refractivity contribution in [1.82, 2.24) is 10.6 Å². The third-order valence-corrected chi connectivity index (χ3v) is 4.16. The van der Waals surface area contributed by atoms with Crippen LogP contribution in [0.15, 0.2) is 0 Å². The predicted molar refractivity (Wildman–Crippen MR) is 66.8 cm³/mol. The maximum Gasteiger partial charge on any atom is 0.224 e. The molecule has 98 valence electrons. The summed E-state index contributed by atoms with van der Waals surface area (Å²) in [5.41, 5.74) is 0. The minimum atomic E-state index is 0.144. The molecule has 0 spiro atoms. The maximum absolute atomic E-state index is 12.2. The number of hydrogen-bond donors (Lipinski definition) is 2. The van der Waals surface area contributed by atoms with Crippen LogP contribution in [0.5, 0.6) is 0 Å². The van der Waals surface area contributed by atoms with Crippen LogP contribution in [-0.4, -0.2) is 37.7 Å². The van der Waals surface area contributed by atoms with Crippen LogP contribution in [0.2, 0.25) is 0 Å². The Morgan fingerprint density at radius 3 is 2.82 bits per heavy atom. The Bertz CT molecular complexity index is 270. The second kappa shape index (κ2) is 5.83. The standard InChI is InChI=1S/C13H24N2O2/c1-9-12(4-3-7-14-9)13(16)15-10-5-6-11(8-10)17-2/h9-12,14H,3-8H2,1-2H3,(H,15,16). The van der Waals surface area contributed by atoms with Crippen molar-refractivity contribution in [2.75, 3.05) is 13.7 Å². The highest BCUT2D eigenvalue weighted by Gasteiger charge is 2.31. The average Bonchev–Trinajstić information content (AvgIpc) is 2.77. The molecule has 4 nitrogen and oxygen atoms in total. The molecule has 1 aliphatic carbocycles. The molecule has 0 bridgehead atoms. The number of nitrogens with one attached hydrogen (secondary N) is 2. The van der Waals surface area contributed by atoms with Gasteiger partial charge in [-0.2, -0.15) is 0 Å². The van der Waals surface area contributed by atoms with Gasteiger partial charge in [-0.15, -0.1) is 0 Å². The molecular weight excluding hydrogens is 216 g/mol. The molecule has 1 amide bonds. The number of ether oxygens (including phenoxy) is 1. The van der Waals surface area contributed by atoms with Gasteiger partial charge in [0, 0.05) is 19.2 Å². The molecule has 2 aliphatic rings. The molecule has 2 N–H and O–H groups in total. The van der Waals surface area contributed by atoms with E-state index in [0.717, 1.165) is 38.6 Å². The van der Waals surface area contributed by atoms with Crippen molar-refractivity contribution in [3.05, 3.63) is 0 Å². The zero-order valence-electron chi connectivity index (χ0n) is 10.9. The van der Waals surface area contributed by atoms with Gasteiger partial charge in [-0.05, 0) is 45.6 Å². The number of piperidine rings is 1. The van der Waals surface area contributed by atoms with E-state index in [2.05, 4.69) is 17.6 Å². The molecule has 2 rings (SSSR count). The number of carbonyl (C=O) groups is 1. The third-order valence-electron chi connectivity index (χ3n) is 4.16. The lowest BCUT2D eigenvalue weighted by molar-refractivity contribution is -0.127. The van der Waals surface area contributed by atoms with Gasteiger partial charge in [0.1, 0.15) is 0 Å². The molecule has 0 aromatic carbocycles. The van der Waals surface area contributed by atoms with Crippen LogP contribution >= 0.6 is 0 Å². The quantitative estimate of drug-likeness (QED) is 0.775. The van der Waals surface area contributed by atoms with Crippen molar-refractivity contribution in [2.45, 2.75) is 57.2 Å². The highest BCUT2D eigenvalue weighted by Crippen LogP contribution is 2.23. The van der Waals surface area contributed by atoms with Crippen molar-refractivity contribution < 1.29 is 9.53 Å². The first-order valence-electron chi connectivity index (χ1n) is 6.77. The van der Waals surface area contributed by atoms with E-state index in [4.69, 9.17) is 4.74 Å². The predicted octanol–water partition coefficient (Wildman–Crippen LogP) is 1.06. The van der Waals surface area contributed by atoms with E-state index in [1.165, 1.54) is 0 Å². The lowest BCUT2D eigenvalue weighted by atomic mass is 9.91. The van der Waals surface area contributed by atoms with Gasteiger partial charge in [-0.1, -0.05) is 0 Å². The van der Waals surface area contributed by atoms with E-state index in [0.29, 0.717) is 18.2 Å². The molecule has 1 aliphatic heterocycles. The topological polar surface area (TPSA) is 50.4 Å². The molecule has 4 heteroatoms. The molecule has 1 heterocycles. The van der Waals surface area contributed by atoms with Crippen LogP contribution in [0.3, 0.4) is 0 Å². The van der Waals surface area contributed by atoms with Crippen molar-refractivity contribution >= 4 is 5.91 Å². The number of methoxy groups -OCH3 is 1. The van der Waals surface area contributed by atoms with E-state index in [9.17, 15) is 4.79 Å². The lowest BCUT2D eigenvalue weighted by Gasteiger charge is -2.30. The van der Waals surface area contributed by atoms with Gasteiger partial charge in [0.25, 0.3) is 0 Å². The summed E-state index contributed by atoms with van der Waals surface area (Å²) in [6.45, 7) is 3.15. The molecule has 1 saturated carbocycles. The minimum Gasteiger partial charge on any atom is -0.381 e. The lowest BCUT2D eigenvalue weighted by Crippen LogP contribution is -2.48. The first kappa shape index (κ1) is 12.8. The highest BCUT2D eigenvalue weighted by atomic mass is 16.5. The summed E-state index contributed by atoms with van der Waals surface area (Å²) in [4.78, 5) is 12.2. The van der Waals surface area contributed by atoms with Gasteiger partial charge in [0.2, 0.25) is 5.91 Å². The Hall–Kier alpha value is -0.610. The first-order valence-corrected chi connectivity index (χ1v) is 6.77. The summed E-state index contributed by atoms with van der Waals surface area (Å²) < 4.78 is 5.33. The fraction of sp³-hybridized carbons (Fsp3) is 0.923. The van der Waals surface area contributed by atoms with Crippen molar-refractivity contribution in [2.24, 2.45) is 5.92 Å². The summed E-state index contributed by atoms with van der Waals surface area (Å²) in [6.07, 6.45) is 5.55. The Labute approximate surface area is 103 Å². The van der Waals surface area contributed by atoms with E-state index in [1.807, 2.05) is 0 Å². The Morgan fingerprint density at radius 1 is 1.35 bits per heavy atom. The smallest absolute Gasteiger partial charge is 0.224 e. The largest absolute Gasteiger partial charge is 0.381 e. The van der Waals surface area contributed by atoms with Crippen molar-refractivity contribution in [3.8, 4) is 0 Å². The van der Waals surface area contributed by atoms with Gasteiger partial charge >= 0.3 is 0 Å². The van der Waals surface area contributed by atoms with Gasteiger partial charge in [0.05, 0.1) is 12.0 Å². The van der Waals surface area contributed by atoms with Gasteiger partial charge in [0.15, 0.2) is 0 Å². The molecule has 0 aromatic heterocycles. The monoisotopic (exact) mass is 240 g/mol. The summed E-state index contributed by atoms with van der Waals surface area (Å²) in [5, 5.41) is 6.56. The van der Waals surface area contributed by atoms with Gasteiger partial charge in [-0.3, -0.25) is 4.79 Å². The number of rotatable bonds is 3. The summed E-state index contributed by atoms with van der Waals surface area (Å²) in [7, 11) is 1.75. The zero-order valence-corrected chi connectivity index (χ0v) is 10.9. The zero-order chi connectivity index (χ0) is 12.3. The molecule has 1 saturated heterocycles. The molecule has 2 fully saturated rings. The molecule has 17 heavy (non-hydrogen) atoms. The van der Waals surface area contributed by atoms with Crippen molar-refractivity contribution in [3.63, 3.8) is 0 Å². The van der Waals surface area contributed by atoms with Gasteiger partial charge in [-0.25, -0.2) is 0 Å². The molecule has 4 atom stereocenters. The van der Waals surface area contributed by atoms with Gasteiger partial charge < -0.3 is 15.4 Å². The second-order valence-corrected chi connectivity index (χ2v) is 5.37. The number of carbonyl (C=O) groups excluding carboxylic acids is 1. The SMILES string of the molecule is COC1CCC(NC(=O)C2CCCNC2C)C1. The maximum atomic E-state index is 12.2. The minimum absolute atomic E-state index is 0.144. The van der Waals surface area contributed by atoms with Crippen LogP contribution in [0.4, 0.5) is 0 Å². The van der Waals surface area contributed by atoms with E-state index in [1.54, 1.807) is 7.11 Å². The van der Waals surface area contributed by atoms with Crippen LogP contribution in [0.1, 0.15) is 39.0 Å². The molecular formula is C13H24N2O2. The van der Waals surface area contributed by atoms with Crippen LogP contribution in [0, 0.1) is 5.92 Å². The molecule has 0 radical (unpaired) electrons. The number of hydrogen-bond acceptors (Lipinski definition) is 3. The Kier molecular flexibility index (Phi) is 4.40. The molecule has 4 unspecified atom stereocenters. The number of amides is 1. The van der Waals surface area contributed by atoms with Crippen LogP contribution in [0.25, 0.3) is 0 Å². The summed E-state index contributed by atoms with van der Waals surface area (Å²) in [6, 6.07) is 0.630. The second-order valence-electron chi connectivity index (χ2n) is 5.37. The fourth-order valence-electron chi connectivity index (χ4n) is 3.00. The Balaban J connectivity index is 1.80. The Morgan fingerprint density at radius 2 is 2.18 bits per heavy atom. The normalized spacial score (nSPS) is 38.0. The molecule has 0 aromatic rings. The third kappa shape index (κ3) is 3.19. The van der Waals surface area contributed by atoms with E-state index >= 15 is 0 Å². The summed E-state index contributed by atoms with van der Waals surface area (Å²) >= 11 is 0. The van der Waals surface area contributed by atoms with Crippen LogP contribution < -0.4 is 10.6 Å². The average molecular weight is 240 g/mol. The fourth-order valence-corrected chi connectivity index (χ4v) is 3.00. The van der Waals surface area contributed by atoms with E-state index in [-0.39, 0.29) is 11.8 Å². The highest BCUT2D eigenvalue weighted by molar-refractivity contribution is 5.79.